The lowest BCUT2D eigenvalue weighted by atomic mass is 10.1. The van der Waals surface area contributed by atoms with Crippen molar-refractivity contribution in [1.29, 1.82) is 0 Å². The van der Waals surface area contributed by atoms with Crippen LogP contribution in [-0.4, -0.2) is 19.2 Å². The van der Waals surface area contributed by atoms with Gasteiger partial charge < -0.3 is 9.73 Å². The van der Waals surface area contributed by atoms with Gasteiger partial charge in [0.05, 0.1) is 5.02 Å². The minimum Gasteiger partial charge on any atom is -0.453 e. The molecule has 0 radical (unpaired) electrons. The van der Waals surface area contributed by atoms with E-state index in [0.717, 1.165) is 0 Å². The number of aldehydes is 1. The predicted molar refractivity (Wildman–Crippen MR) is 67.9 cm³/mol. The quantitative estimate of drug-likeness (QED) is 0.866. The molecule has 0 unspecified atom stereocenters. The molecule has 4 nitrogen and oxygen atoms in total. The first-order valence-corrected chi connectivity index (χ1v) is 5.60. The maximum absolute atomic E-state index is 11.5. The van der Waals surface area contributed by atoms with Crippen molar-refractivity contribution < 1.29 is 14.0 Å². The van der Waals surface area contributed by atoms with Crippen molar-refractivity contribution in [2.45, 2.75) is 0 Å². The first-order valence-electron chi connectivity index (χ1n) is 5.22. The largest absolute Gasteiger partial charge is 0.453 e. The van der Waals surface area contributed by atoms with Gasteiger partial charge in [0.25, 0.3) is 5.91 Å². The lowest BCUT2D eigenvalue weighted by Crippen LogP contribution is -2.17. The van der Waals surface area contributed by atoms with Crippen LogP contribution in [0, 0.1) is 0 Å². The highest BCUT2D eigenvalue weighted by atomic mass is 35.5. The van der Waals surface area contributed by atoms with Gasteiger partial charge in [-0.15, -0.1) is 0 Å². The Morgan fingerprint density at radius 1 is 1.33 bits per heavy atom. The Labute approximate surface area is 109 Å². The number of halogens is 1. The average molecular weight is 264 g/mol. The second kappa shape index (κ2) is 5.06. The van der Waals surface area contributed by atoms with Crippen molar-refractivity contribution >= 4 is 23.8 Å². The fourth-order valence-electron chi connectivity index (χ4n) is 1.56. The summed E-state index contributed by atoms with van der Waals surface area (Å²) in [5.41, 5.74) is 1.05. The molecule has 0 spiro atoms. The van der Waals surface area contributed by atoms with E-state index in [1.165, 1.54) is 0 Å². The molecule has 0 aliphatic carbocycles. The lowest BCUT2D eigenvalue weighted by Gasteiger charge is -2.04. The number of carbonyl (C=O) groups excluding carboxylic acids is 2. The molecule has 0 saturated carbocycles. The second-order valence-electron chi connectivity index (χ2n) is 3.59. The molecule has 92 valence electrons. The van der Waals surface area contributed by atoms with Gasteiger partial charge in [-0.1, -0.05) is 11.6 Å². The predicted octanol–water partition coefficient (Wildman–Crippen LogP) is 2.77. The first-order chi connectivity index (χ1) is 8.65. The minimum absolute atomic E-state index is 0.213. The van der Waals surface area contributed by atoms with E-state index >= 15 is 0 Å². The van der Waals surface area contributed by atoms with Gasteiger partial charge >= 0.3 is 0 Å². The van der Waals surface area contributed by atoms with Crippen LogP contribution in [0.25, 0.3) is 11.3 Å². The molecule has 0 bridgehead atoms. The third-order valence-electron chi connectivity index (χ3n) is 2.46. The standard InChI is InChI=1S/C13H10ClNO3/c1-15-13(17)8-2-4-11(14)10(6-8)12-5-3-9(7-16)18-12/h2-7H,1H3,(H,15,17). The molecule has 1 aromatic heterocycles. The third-order valence-corrected chi connectivity index (χ3v) is 2.79. The van der Waals surface area contributed by atoms with Crippen LogP contribution in [0.1, 0.15) is 20.9 Å². The van der Waals surface area contributed by atoms with E-state index < -0.39 is 0 Å². The zero-order valence-electron chi connectivity index (χ0n) is 9.57. The number of amides is 1. The van der Waals surface area contributed by atoms with Crippen LogP contribution in [-0.2, 0) is 0 Å². The summed E-state index contributed by atoms with van der Waals surface area (Å²) >= 11 is 6.05. The summed E-state index contributed by atoms with van der Waals surface area (Å²) in [5, 5.41) is 2.98. The molecule has 2 rings (SSSR count). The number of hydrogen-bond acceptors (Lipinski definition) is 3. The molecule has 1 heterocycles. The van der Waals surface area contributed by atoms with Gasteiger partial charge in [0.1, 0.15) is 5.76 Å². The molecule has 5 heteroatoms. The van der Waals surface area contributed by atoms with Crippen molar-refractivity contribution in [1.82, 2.24) is 5.32 Å². The highest BCUT2D eigenvalue weighted by Gasteiger charge is 2.12. The second-order valence-corrected chi connectivity index (χ2v) is 4.00. The van der Waals surface area contributed by atoms with Crippen molar-refractivity contribution in [3.8, 4) is 11.3 Å². The SMILES string of the molecule is CNC(=O)c1ccc(Cl)c(-c2ccc(C=O)o2)c1. The van der Waals surface area contributed by atoms with Crippen LogP contribution in [0.15, 0.2) is 34.7 Å². The molecular weight excluding hydrogens is 254 g/mol. The molecule has 0 fully saturated rings. The van der Waals surface area contributed by atoms with Crippen LogP contribution in [0.2, 0.25) is 5.02 Å². The molecule has 0 atom stereocenters. The Kier molecular flexibility index (Phi) is 3.48. The Hall–Kier alpha value is -2.07. The number of benzene rings is 1. The molecule has 1 amide bonds. The van der Waals surface area contributed by atoms with E-state index in [2.05, 4.69) is 5.32 Å². The molecule has 0 saturated heterocycles. The molecule has 1 N–H and O–H groups in total. The van der Waals surface area contributed by atoms with E-state index in [9.17, 15) is 9.59 Å². The highest BCUT2D eigenvalue weighted by Crippen LogP contribution is 2.30. The number of furan rings is 1. The van der Waals surface area contributed by atoms with Crippen LogP contribution in [0.4, 0.5) is 0 Å². The Balaban J connectivity index is 2.49. The van der Waals surface area contributed by atoms with Crippen molar-refractivity contribution in [2.75, 3.05) is 7.05 Å². The minimum atomic E-state index is -0.213. The third kappa shape index (κ3) is 2.28. The van der Waals surface area contributed by atoms with Crippen LogP contribution < -0.4 is 5.32 Å². The number of carbonyl (C=O) groups is 2. The van der Waals surface area contributed by atoms with E-state index in [1.807, 2.05) is 0 Å². The highest BCUT2D eigenvalue weighted by molar-refractivity contribution is 6.33. The maximum Gasteiger partial charge on any atom is 0.251 e. The summed E-state index contributed by atoms with van der Waals surface area (Å²) in [5.74, 6) is 0.453. The van der Waals surface area contributed by atoms with Gasteiger partial charge in [0.15, 0.2) is 12.0 Å². The van der Waals surface area contributed by atoms with E-state index in [0.29, 0.717) is 28.2 Å². The smallest absolute Gasteiger partial charge is 0.251 e. The Morgan fingerprint density at radius 3 is 2.72 bits per heavy atom. The molecular formula is C13H10ClNO3. The Morgan fingerprint density at radius 2 is 2.11 bits per heavy atom. The summed E-state index contributed by atoms with van der Waals surface area (Å²) in [7, 11) is 1.55. The molecule has 0 aliphatic heterocycles. The molecule has 2 aromatic rings. The van der Waals surface area contributed by atoms with Crippen molar-refractivity contribution in [3.05, 3.63) is 46.7 Å². The zero-order valence-corrected chi connectivity index (χ0v) is 10.3. The van der Waals surface area contributed by atoms with Gasteiger partial charge in [-0.25, -0.2) is 0 Å². The number of hydrogen-bond donors (Lipinski definition) is 1. The van der Waals surface area contributed by atoms with E-state index in [-0.39, 0.29) is 11.7 Å². The summed E-state index contributed by atoms with van der Waals surface area (Å²) in [4.78, 5) is 22.1. The summed E-state index contributed by atoms with van der Waals surface area (Å²) in [6.45, 7) is 0. The maximum atomic E-state index is 11.5. The van der Waals surface area contributed by atoms with Crippen molar-refractivity contribution in [3.63, 3.8) is 0 Å². The van der Waals surface area contributed by atoms with Crippen molar-refractivity contribution in [2.24, 2.45) is 0 Å². The molecule has 1 aromatic carbocycles. The Bertz CT molecular complexity index is 604. The van der Waals surface area contributed by atoms with Crippen LogP contribution in [0.3, 0.4) is 0 Å². The summed E-state index contributed by atoms with van der Waals surface area (Å²) < 4.78 is 5.28. The average Bonchev–Trinajstić information content (AvgIpc) is 2.87. The fourth-order valence-corrected chi connectivity index (χ4v) is 1.77. The fraction of sp³-hybridized carbons (Fsp3) is 0.0769. The number of rotatable bonds is 3. The molecule has 18 heavy (non-hydrogen) atoms. The summed E-state index contributed by atoms with van der Waals surface area (Å²) in [6.07, 6.45) is 0.611. The normalized spacial score (nSPS) is 10.1. The van der Waals surface area contributed by atoms with Gasteiger partial charge in [-0.2, -0.15) is 0 Å². The zero-order chi connectivity index (χ0) is 13.1. The monoisotopic (exact) mass is 263 g/mol. The summed E-state index contributed by atoms with van der Waals surface area (Å²) in [6, 6.07) is 8.04. The van der Waals surface area contributed by atoms with Gasteiger partial charge in [0, 0.05) is 18.2 Å². The van der Waals surface area contributed by atoms with E-state index in [1.54, 1.807) is 37.4 Å². The topological polar surface area (TPSA) is 59.3 Å². The lowest BCUT2D eigenvalue weighted by molar-refractivity contribution is 0.0962. The number of nitrogens with one attached hydrogen (secondary N) is 1. The molecule has 0 aliphatic rings. The van der Waals surface area contributed by atoms with Gasteiger partial charge in [-0.3, -0.25) is 9.59 Å². The van der Waals surface area contributed by atoms with Gasteiger partial charge in [-0.05, 0) is 30.3 Å². The van der Waals surface area contributed by atoms with Gasteiger partial charge in [0.2, 0.25) is 0 Å². The first kappa shape index (κ1) is 12.4. The van der Waals surface area contributed by atoms with Crippen LogP contribution >= 0.6 is 11.6 Å². The van der Waals surface area contributed by atoms with E-state index in [4.69, 9.17) is 16.0 Å². The van der Waals surface area contributed by atoms with Crippen LogP contribution in [0.5, 0.6) is 0 Å².